The predicted molar refractivity (Wildman–Crippen MR) is 113 cm³/mol. The van der Waals surface area contributed by atoms with Crippen LogP contribution in [0.1, 0.15) is 36.9 Å². The first-order valence-corrected chi connectivity index (χ1v) is 9.74. The number of ether oxygens (including phenoxy) is 1. The Hall–Kier alpha value is -3.92. The molecule has 2 amide bonds. The number of nitriles is 1. The second-order valence-corrected chi connectivity index (χ2v) is 7.56. The van der Waals surface area contributed by atoms with Crippen LogP contribution in [0.2, 0.25) is 0 Å². The Morgan fingerprint density at radius 2 is 1.84 bits per heavy atom. The standard InChI is InChI=1S/C24H22N2O5/c1-14(2)13-26-22(27)19(15(3)20(12-25)23(26)28)11-18-9-10-21(31-18)16-5-7-17(8-6-16)24(29)30-4/h5-11,14H,13H2,1-4H3/b19-11+. The minimum atomic E-state index is -0.568. The van der Waals surface area contributed by atoms with Crippen molar-refractivity contribution >= 4 is 23.9 Å². The number of amides is 2. The molecule has 0 unspecified atom stereocenters. The first-order valence-electron chi connectivity index (χ1n) is 9.74. The quantitative estimate of drug-likeness (QED) is 0.414. The monoisotopic (exact) mass is 418 g/mol. The summed E-state index contributed by atoms with van der Waals surface area (Å²) in [6.45, 7) is 5.60. The average Bonchev–Trinajstić information content (AvgIpc) is 3.23. The van der Waals surface area contributed by atoms with Crippen LogP contribution in [0, 0.1) is 17.2 Å². The van der Waals surface area contributed by atoms with Crippen molar-refractivity contribution in [3.8, 4) is 17.4 Å². The molecule has 7 heteroatoms. The number of carbonyl (C=O) groups is 3. The van der Waals surface area contributed by atoms with E-state index in [2.05, 4.69) is 0 Å². The van der Waals surface area contributed by atoms with Crippen LogP contribution >= 0.6 is 0 Å². The van der Waals surface area contributed by atoms with Crippen molar-refractivity contribution in [2.24, 2.45) is 5.92 Å². The lowest BCUT2D eigenvalue weighted by Gasteiger charge is -2.28. The van der Waals surface area contributed by atoms with Gasteiger partial charge in [-0.05, 0) is 48.8 Å². The molecule has 0 N–H and O–H groups in total. The third-order valence-corrected chi connectivity index (χ3v) is 4.88. The molecule has 31 heavy (non-hydrogen) atoms. The van der Waals surface area contributed by atoms with Crippen LogP contribution in [0.25, 0.3) is 17.4 Å². The maximum Gasteiger partial charge on any atom is 0.337 e. The Labute approximate surface area is 180 Å². The molecule has 0 atom stereocenters. The number of imide groups is 1. The van der Waals surface area contributed by atoms with E-state index in [-0.39, 0.29) is 23.6 Å². The van der Waals surface area contributed by atoms with Crippen molar-refractivity contribution < 1.29 is 23.5 Å². The van der Waals surface area contributed by atoms with Crippen molar-refractivity contribution in [1.82, 2.24) is 4.90 Å². The summed E-state index contributed by atoms with van der Waals surface area (Å²) in [6.07, 6.45) is 1.54. The molecule has 2 aromatic rings. The SMILES string of the molecule is COC(=O)c1ccc(-c2ccc(/C=C3/C(=O)N(CC(C)C)C(=O)C(C#N)=C3C)o2)cc1. The minimum absolute atomic E-state index is 0.0447. The zero-order chi connectivity index (χ0) is 22.7. The Balaban J connectivity index is 1.96. The van der Waals surface area contributed by atoms with Gasteiger partial charge in [0.25, 0.3) is 11.8 Å². The molecule has 0 bridgehead atoms. The van der Waals surface area contributed by atoms with Crippen molar-refractivity contribution in [2.75, 3.05) is 13.7 Å². The van der Waals surface area contributed by atoms with Crippen LogP contribution in [0.5, 0.6) is 0 Å². The maximum atomic E-state index is 13.0. The van der Waals surface area contributed by atoms with Gasteiger partial charge in [0.1, 0.15) is 23.2 Å². The largest absolute Gasteiger partial charge is 0.465 e. The van der Waals surface area contributed by atoms with Crippen molar-refractivity contribution in [3.63, 3.8) is 0 Å². The van der Waals surface area contributed by atoms with E-state index < -0.39 is 17.8 Å². The summed E-state index contributed by atoms with van der Waals surface area (Å²) in [5, 5.41) is 9.44. The number of hydrogen-bond acceptors (Lipinski definition) is 6. The van der Waals surface area contributed by atoms with E-state index in [1.165, 1.54) is 7.11 Å². The summed E-state index contributed by atoms with van der Waals surface area (Å²) in [4.78, 5) is 38.2. The summed E-state index contributed by atoms with van der Waals surface area (Å²) in [5.41, 5.74) is 1.70. The van der Waals surface area contributed by atoms with Crippen LogP contribution in [0.15, 0.2) is 57.5 Å². The molecule has 3 rings (SSSR count). The molecule has 158 valence electrons. The van der Waals surface area contributed by atoms with Crippen LogP contribution < -0.4 is 0 Å². The van der Waals surface area contributed by atoms with Crippen LogP contribution in [0.3, 0.4) is 0 Å². The van der Waals surface area contributed by atoms with Crippen molar-refractivity contribution in [1.29, 1.82) is 5.26 Å². The molecule has 0 spiro atoms. The van der Waals surface area contributed by atoms with Gasteiger partial charge < -0.3 is 9.15 Å². The van der Waals surface area contributed by atoms with E-state index >= 15 is 0 Å². The van der Waals surface area contributed by atoms with E-state index in [1.54, 1.807) is 49.4 Å². The third kappa shape index (κ3) is 4.33. The molecule has 0 saturated carbocycles. The van der Waals surface area contributed by atoms with E-state index in [1.807, 2.05) is 19.9 Å². The van der Waals surface area contributed by atoms with Crippen LogP contribution in [-0.2, 0) is 14.3 Å². The number of hydrogen-bond donors (Lipinski definition) is 0. The highest BCUT2D eigenvalue weighted by molar-refractivity contribution is 6.19. The van der Waals surface area contributed by atoms with Crippen LogP contribution in [-0.4, -0.2) is 36.3 Å². The second-order valence-electron chi connectivity index (χ2n) is 7.56. The Morgan fingerprint density at radius 3 is 2.42 bits per heavy atom. The molecule has 1 aromatic heterocycles. The molecule has 1 aliphatic heterocycles. The molecular weight excluding hydrogens is 396 g/mol. The fourth-order valence-electron chi connectivity index (χ4n) is 3.28. The number of methoxy groups -OCH3 is 1. The van der Waals surface area contributed by atoms with Gasteiger partial charge in [0, 0.05) is 17.7 Å². The topological polar surface area (TPSA) is 101 Å². The van der Waals surface area contributed by atoms with Gasteiger partial charge in [-0.25, -0.2) is 4.79 Å². The highest BCUT2D eigenvalue weighted by Gasteiger charge is 2.35. The lowest BCUT2D eigenvalue weighted by Crippen LogP contribution is -2.44. The molecule has 0 radical (unpaired) electrons. The molecule has 0 fully saturated rings. The normalized spacial score (nSPS) is 15.6. The number of nitrogens with zero attached hydrogens (tertiary/aromatic N) is 2. The van der Waals surface area contributed by atoms with Gasteiger partial charge in [0.05, 0.1) is 12.7 Å². The highest BCUT2D eigenvalue weighted by Crippen LogP contribution is 2.29. The molecule has 1 aliphatic rings. The summed E-state index contributed by atoms with van der Waals surface area (Å²) >= 11 is 0. The second kappa shape index (κ2) is 8.84. The summed E-state index contributed by atoms with van der Waals surface area (Å²) in [5.74, 6) is -0.425. The first kappa shape index (κ1) is 21.8. The zero-order valence-electron chi connectivity index (χ0n) is 17.8. The van der Waals surface area contributed by atoms with Gasteiger partial charge in [-0.3, -0.25) is 14.5 Å². The number of benzene rings is 1. The smallest absolute Gasteiger partial charge is 0.337 e. The number of esters is 1. The predicted octanol–water partition coefficient (Wildman–Crippen LogP) is 3.98. The van der Waals surface area contributed by atoms with E-state index in [9.17, 15) is 19.6 Å². The van der Waals surface area contributed by atoms with E-state index in [4.69, 9.17) is 9.15 Å². The Kier molecular flexibility index (Phi) is 6.21. The molecule has 1 aromatic carbocycles. The van der Waals surface area contributed by atoms with Gasteiger partial charge in [-0.1, -0.05) is 26.0 Å². The molecule has 0 saturated heterocycles. The van der Waals surface area contributed by atoms with E-state index in [0.29, 0.717) is 22.7 Å². The Morgan fingerprint density at radius 1 is 1.16 bits per heavy atom. The lowest BCUT2D eigenvalue weighted by molar-refractivity contribution is -0.141. The summed E-state index contributed by atoms with van der Waals surface area (Å²) in [6, 6.07) is 12.1. The van der Waals surface area contributed by atoms with Crippen LogP contribution in [0.4, 0.5) is 0 Å². The maximum absolute atomic E-state index is 13.0. The van der Waals surface area contributed by atoms with Gasteiger partial charge in [0.2, 0.25) is 0 Å². The Bertz CT molecular complexity index is 1140. The number of furan rings is 1. The fraction of sp³-hybridized carbons (Fsp3) is 0.250. The third-order valence-electron chi connectivity index (χ3n) is 4.88. The average molecular weight is 418 g/mol. The first-order chi connectivity index (χ1) is 14.8. The van der Waals surface area contributed by atoms with Gasteiger partial charge >= 0.3 is 5.97 Å². The van der Waals surface area contributed by atoms with Crippen molar-refractivity contribution in [2.45, 2.75) is 20.8 Å². The van der Waals surface area contributed by atoms with Gasteiger partial charge in [-0.15, -0.1) is 0 Å². The minimum Gasteiger partial charge on any atom is -0.465 e. The van der Waals surface area contributed by atoms with Gasteiger partial charge in [-0.2, -0.15) is 5.26 Å². The zero-order valence-corrected chi connectivity index (χ0v) is 17.8. The highest BCUT2D eigenvalue weighted by atomic mass is 16.5. The van der Waals surface area contributed by atoms with E-state index in [0.717, 1.165) is 10.5 Å². The molecular formula is C24H22N2O5. The lowest BCUT2D eigenvalue weighted by atomic mass is 9.94. The molecule has 0 aliphatic carbocycles. The summed E-state index contributed by atoms with van der Waals surface area (Å²) in [7, 11) is 1.32. The van der Waals surface area contributed by atoms with Crippen molar-refractivity contribution in [3.05, 3.63) is 64.4 Å². The van der Waals surface area contributed by atoms with Gasteiger partial charge in [0.15, 0.2) is 0 Å². The fourth-order valence-corrected chi connectivity index (χ4v) is 3.28. The number of rotatable bonds is 5. The molecule has 7 nitrogen and oxygen atoms in total. The summed E-state index contributed by atoms with van der Waals surface area (Å²) < 4.78 is 10.5. The molecule has 2 heterocycles. The number of carbonyl (C=O) groups excluding carboxylic acids is 3.